The van der Waals surface area contributed by atoms with E-state index in [-0.39, 0.29) is 18.0 Å². The van der Waals surface area contributed by atoms with E-state index in [9.17, 15) is 8.42 Å². The number of benzene rings is 1. The van der Waals surface area contributed by atoms with Crippen molar-refractivity contribution in [2.24, 2.45) is 0 Å². The van der Waals surface area contributed by atoms with Gasteiger partial charge in [0.2, 0.25) is 16.0 Å². The summed E-state index contributed by atoms with van der Waals surface area (Å²) in [6.45, 7) is 8.16. The number of nitrogens with zero attached hydrogens (tertiary/aromatic N) is 5. The highest BCUT2D eigenvalue weighted by Gasteiger charge is 2.36. The highest BCUT2D eigenvalue weighted by molar-refractivity contribution is 7.93. The van der Waals surface area contributed by atoms with E-state index >= 15 is 0 Å². The van der Waals surface area contributed by atoms with E-state index in [0.29, 0.717) is 47.6 Å². The molecule has 0 radical (unpaired) electrons. The average Bonchev–Trinajstić information content (AvgIpc) is 3.33. The SMILES string of the molecule is COc1cccc(OC)c1-n1c(NS(=O)(=O)[C@@H](C)[C@@H](OC(C)C)c2cnc(C)cn2)nnc1C1CCCOC1. The Morgan fingerprint density at radius 3 is 2.36 bits per heavy atom. The summed E-state index contributed by atoms with van der Waals surface area (Å²) in [5, 5.41) is 7.64. The monoisotopic (exact) mass is 560 g/mol. The molecule has 3 atom stereocenters. The molecule has 0 aliphatic carbocycles. The number of nitrogens with one attached hydrogen (secondary N) is 1. The second-order valence-corrected chi connectivity index (χ2v) is 11.7. The van der Waals surface area contributed by atoms with Gasteiger partial charge < -0.3 is 18.9 Å². The van der Waals surface area contributed by atoms with Gasteiger partial charge >= 0.3 is 0 Å². The van der Waals surface area contributed by atoms with Crippen molar-refractivity contribution in [3.63, 3.8) is 0 Å². The molecule has 39 heavy (non-hydrogen) atoms. The van der Waals surface area contributed by atoms with Crippen molar-refractivity contribution in [1.82, 2.24) is 24.7 Å². The molecule has 0 spiro atoms. The predicted octanol–water partition coefficient (Wildman–Crippen LogP) is 3.57. The van der Waals surface area contributed by atoms with Crippen LogP contribution in [0.5, 0.6) is 11.5 Å². The van der Waals surface area contributed by atoms with E-state index in [4.69, 9.17) is 18.9 Å². The minimum Gasteiger partial charge on any atom is -0.494 e. The number of aromatic nitrogens is 5. The van der Waals surface area contributed by atoms with E-state index in [1.807, 2.05) is 20.8 Å². The normalized spacial score (nSPS) is 17.6. The molecule has 0 bridgehead atoms. The number of hydrogen-bond donors (Lipinski definition) is 1. The largest absolute Gasteiger partial charge is 0.494 e. The first-order chi connectivity index (χ1) is 18.7. The number of sulfonamides is 1. The van der Waals surface area contributed by atoms with E-state index in [0.717, 1.165) is 12.8 Å². The molecule has 13 heteroatoms. The smallest absolute Gasteiger partial charge is 0.243 e. The Bertz CT molecular complexity index is 1330. The van der Waals surface area contributed by atoms with Gasteiger partial charge in [-0.2, -0.15) is 0 Å². The number of anilines is 1. The second-order valence-electron chi connectivity index (χ2n) is 9.68. The van der Waals surface area contributed by atoms with Gasteiger partial charge in [-0.05, 0) is 52.7 Å². The standard InChI is InChI=1S/C26H36N6O6S/c1-16(2)38-24(20-14-27-17(3)13-28-20)18(4)39(33,34)31-26-30-29-25(19-9-8-12-37-15-19)32(26)23-21(35-5)10-7-11-22(23)36-6/h7,10-11,13-14,16,18-19,24H,8-9,12,15H2,1-6H3,(H,30,31)/t18-,19?,24+/m0/s1. The zero-order valence-corrected chi connectivity index (χ0v) is 23.9. The third-order valence-electron chi connectivity index (χ3n) is 6.50. The summed E-state index contributed by atoms with van der Waals surface area (Å²) < 4.78 is 55.0. The van der Waals surface area contributed by atoms with Gasteiger partial charge in [-0.15, -0.1) is 10.2 Å². The number of para-hydroxylation sites is 1. The third-order valence-corrected chi connectivity index (χ3v) is 8.19. The summed E-state index contributed by atoms with van der Waals surface area (Å²) in [6, 6.07) is 5.32. The molecule has 1 N–H and O–H groups in total. The lowest BCUT2D eigenvalue weighted by Crippen LogP contribution is -2.34. The van der Waals surface area contributed by atoms with E-state index in [1.165, 1.54) is 20.4 Å². The van der Waals surface area contributed by atoms with E-state index in [1.54, 1.807) is 35.9 Å². The lowest BCUT2D eigenvalue weighted by molar-refractivity contribution is 0.00394. The number of aryl methyl sites for hydroxylation is 1. The Balaban J connectivity index is 1.79. The summed E-state index contributed by atoms with van der Waals surface area (Å²) in [5.74, 6) is 1.38. The first-order valence-corrected chi connectivity index (χ1v) is 14.4. The van der Waals surface area contributed by atoms with Gasteiger partial charge in [0.05, 0.1) is 44.5 Å². The highest BCUT2D eigenvalue weighted by Crippen LogP contribution is 2.38. The molecule has 212 valence electrons. The number of methoxy groups -OCH3 is 2. The van der Waals surface area contributed by atoms with Crippen LogP contribution in [0.2, 0.25) is 0 Å². The van der Waals surface area contributed by atoms with E-state index in [2.05, 4.69) is 24.9 Å². The summed E-state index contributed by atoms with van der Waals surface area (Å²) >= 11 is 0. The van der Waals surface area contributed by atoms with Crippen LogP contribution in [-0.4, -0.2) is 71.9 Å². The molecular formula is C26H36N6O6S. The van der Waals surface area contributed by atoms with Crippen LogP contribution in [0.3, 0.4) is 0 Å². The lowest BCUT2D eigenvalue weighted by atomic mass is 10.0. The zero-order valence-electron chi connectivity index (χ0n) is 23.1. The zero-order chi connectivity index (χ0) is 28.2. The van der Waals surface area contributed by atoms with E-state index < -0.39 is 21.4 Å². The molecule has 2 aromatic heterocycles. The summed E-state index contributed by atoms with van der Waals surface area (Å²) in [4.78, 5) is 8.67. The van der Waals surface area contributed by atoms with Crippen LogP contribution in [-0.2, 0) is 19.5 Å². The van der Waals surface area contributed by atoms with Gasteiger partial charge in [0.1, 0.15) is 34.4 Å². The lowest BCUT2D eigenvalue weighted by Gasteiger charge is -2.27. The van der Waals surface area contributed by atoms with Crippen molar-refractivity contribution >= 4 is 16.0 Å². The predicted molar refractivity (Wildman–Crippen MR) is 145 cm³/mol. The van der Waals surface area contributed by atoms with Crippen molar-refractivity contribution < 1.29 is 27.4 Å². The Labute approximate surface area is 229 Å². The van der Waals surface area contributed by atoms with Crippen LogP contribution in [0.1, 0.15) is 62.8 Å². The van der Waals surface area contributed by atoms with Crippen molar-refractivity contribution in [2.45, 2.75) is 63.9 Å². The number of rotatable bonds is 11. The van der Waals surface area contributed by atoms with Crippen LogP contribution in [0, 0.1) is 6.92 Å². The van der Waals surface area contributed by atoms with Crippen LogP contribution < -0.4 is 14.2 Å². The molecule has 4 rings (SSSR count). The van der Waals surface area contributed by atoms with Gasteiger partial charge in [-0.25, -0.2) is 8.42 Å². The fourth-order valence-electron chi connectivity index (χ4n) is 4.49. The number of hydrogen-bond acceptors (Lipinski definition) is 10. The summed E-state index contributed by atoms with van der Waals surface area (Å²) in [5.41, 5.74) is 1.62. The molecule has 12 nitrogen and oxygen atoms in total. The first-order valence-electron chi connectivity index (χ1n) is 12.9. The molecule has 3 heterocycles. The maximum atomic E-state index is 13.8. The molecule has 0 amide bonds. The molecule has 0 saturated carbocycles. The molecule has 1 unspecified atom stereocenters. The Morgan fingerprint density at radius 2 is 1.79 bits per heavy atom. The van der Waals surface area contributed by atoms with Crippen LogP contribution in [0.25, 0.3) is 5.69 Å². The van der Waals surface area contributed by atoms with Crippen LogP contribution in [0.4, 0.5) is 5.95 Å². The maximum absolute atomic E-state index is 13.8. The maximum Gasteiger partial charge on any atom is 0.243 e. The van der Waals surface area contributed by atoms with Crippen molar-refractivity contribution in [3.05, 3.63) is 47.8 Å². The van der Waals surface area contributed by atoms with Crippen LogP contribution in [0.15, 0.2) is 30.6 Å². The van der Waals surface area contributed by atoms with Gasteiger partial charge in [0, 0.05) is 18.7 Å². The number of ether oxygens (including phenoxy) is 4. The van der Waals surface area contributed by atoms with Gasteiger partial charge in [-0.3, -0.25) is 19.3 Å². The Morgan fingerprint density at radius 1 is 1.08 bits per heavy atom. The molecule has 1 saturated heterocycles. The molecule has 1 fully saturated rings. The fraction of sp³-hybridized carbons (Fsp3) is 0.538. The van der Waals surface area contributed by atoms with Crippen molar-refractivity contribution in [1.29, 1.82) is 0 Å². The fourth-order valence-corrected chi connectivity index (χ4v) is 5.59. The Kier molecular flexibility index (Phi) is 9.03. The molecular weight excluding hydrogens is 524 g/mol. The third kappa shape index (κ3) is 6.31. The van der Waals surface area contributed by atoms with Gasteiger partial charge in [0.25, 0.3) is 0 Å². The average molecular weight is 561 g/mol. The first kappa shape index (κ1) is 28.7. The molecule has 1 aromatic carbocycles. The van der Waals surface area contributed by atoms with Crippen LogP contribution >= 0.6 is 0 Å². The highest BCUT2D eigenvalue weighted by atomic mass is 32.2. The minimum absolute atomic E-state index is 0.00325. The molecule has 1 aliphatic rings. The van der Waals surface area contributed by atoms with Crippen molar-refractivity contribution in [3.8, 4) is 17.2 Å². The second kappa shape index (κ2) is 12.3. The molecule has 3 aromatic rings. The van der Waals surface area contributed by atoms with Gasteiger partial charge in [0.15, 0.2) is 0 Å². The summed E-state index contributed by atoms with van der Waals surface area (Å²) in [6.07, 6.45) is 3.66. The summed E-state index contributed by atoms with van der Waals surface area (Å²) in [7, 11) is -1.01. The Hall–Kier alpha value is -3.29. The quantitative estimate of drug-likeness (QED) is 0.370. The molecule has 1 aliphatic heterocycles. The topological polar surface area (TPSA) is 140 Å². The van der Waals surface area contributed by atoms with Crippen molar-refractivity contribution in [2.75, 3.05) is 32.2 Å². The minimum atomic E-state index is -4.08. The van der Waals surface area contributed by atoms with Gasteiger partial charge in [-0.1, -0.05) is 6.07 Å².